The highest BCUT2D eigenvalue weighted by Crippen LogP contribution is 2.41. The standard InChI is InChI=1S/C10H7Cl2N3O2S/c1-18-8-3-5(11)2-6(10(8)15(16)17)9-7(12)4-13-14-9/h2-4H,1H3,(H,13,14). The van der Waals surface area contributed by atoms with Gasteiger partial charge in [0.05, 0.1) is 32.3 Å². The minimum absolute atomic E-state index is 0.0296. The van der Waals surface area contributed by atoms with Crippen molar-refractivity contribution in [2.24, 2.45) is 0 Å². The van der Waals surface area contributed by atoms with E-state index in [9.17, 15) is 10.1 Å². The number of H-pyrrole nitrogens is 1. The minimum atomic E-state index is -0.450. The number of aromatic nitrogens is 2. The van der Waals surface area contributed by atoms with Crippen molar-refractivity contribution in [3.05, 3.63) is 38.5 Å². The predicted molar refractivity (Wildman–Crippen MR) is 72.5 cm³/mol. The van der Waals surface area contributed by atoms with Crippen molar-refractivity contribution < 1.29 is 4.92 Å². The van der Waals surface area contributed by atoms with Gasteiger partial charge in [0.2, 0.25) is 0 Å². The van der Waals surface area contributed by atoms with Gasteiger partial charge in [-0.15, -0.1) is 11.8 Å². The molecule has 2 rings (SSSR count). The smallest absolute Gasteiger partial charge is 0.276 e. The summed E-state index contributed by atoms with van der Waals surface area (Å²) in [6, 6.07) is 3.05. The van der Waals surface area contributed by atoms with Crippen LogP contribution < -0.4 is 0 Å². The van der Waals surface area contributed by atoms with Crippen LogP contribution in [0.2, 0.25) is 10.0 Å². The molecule has 1 aromatic heterocycles. The first-order chi connectivity index (χ1) is 8.54. The Morgan fingerprint density at radius 1 is 1.44 bits per heavy atom. The second-order valence-electron chi connectivity index (χ2n) is 3.35. The van der Waals surface area contributed by atoms with E-state index in [4.69, 9.17) is 23.2 Å². The molecule has 0 saturated heterocycles. The highest BCUT2D eigenvalue weighted by atomic mass is 35.5. The van der Waals surface area contributed by atoms with E-state index in [1.807, 2.05) is 0 Å². The fourth-order valence-corrected chi connectivity index (χ4v) is 2.67. The predicted octanol–water partition coefficient (Wildman–Crippen LogP) is 4.01. The maximum absolute atomic E-state index is 11.2. The molecule has 0 amide bonds. The molecule has 0 aliphatic carbocycles. The molecule has 0 saturated carbocycles. The molecule has 0 radical (unpaired) electrons. The summed E-state index contributed by atoms with van der Waals surface area (Å²) < 4.78 is 0. The fourth-order valence-electron chi connectivity index (χ4n) is 1.57. The number of benzene rings is 1. The molecule has 0 fully saturated rings. The molecular weight excluding hydrogens is 297 g/mol. The number of rotatable bonds is 3. The summed E-state index contributed by atoms with van der Waals surface area (Å²) in [5.74, 6) is 0. The van der Waals surface area contributed by atoms with Gasteiger partial charge in [0.25, 0.3) is 5.69 Å². The van der Waals surface area contributed by atoms with E-state index in [1.165, 1.54) is 24.0 Å². The van der Waals surface area contributed by atoms with Crippen LogP contribution in [0.1, 0.15) is 0 Å². The lowest BCUT2D eigenvalue weighted by Gasteiger charge is -2.06. The van der Waals surface area contributed by atoms with E-state index in [1.54, 1.807) is 12.3 Å². The number of hydrogen-bond donors (Lipinski definition) is 1. The summed E-state index contributed by atoms with van der Waals surface area (Å²) in [6.45, 7) is 0. The third kappa shape index (κ3) is 2.31. The average Bonchev–Trinajstić information content (AvgIpc) is 2.73. The molecule has 0 atom stereocenters. The number of nitrogens with one attached hydrogen (secondary N) is 1. The number of hydrogen-bond acceptors (Lipinski definition) is 4. The molecule has 5 nitrogen and oxygen atoms in total. The molecule has 1 N–H and O–H groups in total. The highest BCUT2D eigenvalue weighted by Gasteiger charge is 2.24. The summed E-state index contributed by atoms with van der Waals surface area (Å²) in [4.78, 5) is 11.2. The summed E-state index contributed by atoms with van der Waals surface area (Å²) in [6.07, 6.45) is 3.14. The Morgan fingerprint density at radius 2 is 2.17 bits per heavy atom. The Hall–Kier alpha value is -1.24. The molecule has 2 aromatic rings. The number of thioether (sulfide) groups is 1. The highest BCUT2D eigenvalue weighted by molar-refractivity contribution is 7.98. The van der Waals surface area contributed by atoms with Crippen LogP contribution >= 0.6 is 35.0 Å². The van der Waals surface area contributed by atoms with Crippen molar-refractivity contribution in [3.63, 3.8) is 0 Å². The molecule has 0 aliphatic heterocycles. The fraction of sp³-hybridized carbons (Fsp3) is 0.100. The third-order valence-corrected chi connectivity index (χ3v) is 3.56. The van der Waals surface area contributed by atoms with E-state index in [0.29, 0.717) is 26.2 Å². The van der Waals surface area contributed by atoms with Gasteiger partial charge >= 0.3 is 0 Å². The molecule has 18 heavy (non-hydrogen) atoms. The number of aromatic amines is 1. The van der Waals surface area contributed by atoms with Crippen LogP contribution in [0.25, 0.3) is 11.3 Å². The number of nitrogens with zero attached hydrogens (tertiary/aromatic N) is 2. The Balaban J connectivity index is 2.77. The Bertz CT molecular complexity index is 615. The maximum atomic E-state index is 11.2. The van der Waals surface area contributed by atoms with Crippen molar-refractivity contribution in [3.8, 4) is 11.3 Å². The van der Waals surface area contributed by atoms with E-state index in [0.717, 1.165) is 0 Å². The zero-order chi connectivity index (χ0) is 13.3. The number of nitro benzene ring substituents is 1. The van der Waals surface area contributed by atoms with Crippen molar-refractivity contribution in [1.29, 1.82) is 0 Å². The van der Waals surface area contributed by atoms with Crippen LogP contribution in [0.5, 0.6) is 0 Å². The van der Waals surface area contributed by atoms with Gasteiger partial charge < -0.3 is 0 Å². The van der Waals surface area contributed by atoms with Crippen LogP contribution in [0.3, 0.4) is 0 Å². The van der Waals surface area contributed by atoms with Crippen LogP contribution in [-0.2, 0) is 0 Å². The summed E-state index contributed by atoms with van der Waals surface area (Å²) in [5, 5.41) is 18.3. The van der Waals surface area contributed by atoms with E-state index >= 15 is 0 Å². The molecule has 0 bridgehead atoms. The third-order valence-electron chi connectivity index (χ3n) is 2.30. The van der Waals surface area contributed by atoms with Crippen molar-refractivity contribution in [2.75, 3.05) is 6.26 Å². The SMILES string of the molecule is CSc1cc(Cl)cc(-c2[nH]ncc2Cl)c1[N+](=O)[O-]. The molecular formula is C10H7Cl2N3O2S. The Morgan fingerprint density at radius 3 is 2.67 bits per heavy atom. The average molecular weight is 304 g/mol. The van der Waals surface area contributed by atoms with Gasteiger partial charge in [-0.3, -0.25) is 15.2 Å². The number of halogens is 2. The first-order valence-corrected chi connectivity index (χ1v) is 6.73. The Labute approximate surface area is 117 Å². The molecule has 8 heteroatoms. The van der Waals surface area contributed by atoms with E-state index in [2.05, 4.69) is 10.2 Å². The monoisotopic (exact) mass is 303 g/mol. The van der Waals surface area contributed by atoms with Gasteiger partial charge in [-0.05, 0) is 18.4 Å². The van der Waals surface area contributed by atoms with Gasteiger partial charge in [-0.2, -0.15) is 5.10 Å². The summed E-state index contributed by atoms with van der Waals surface area (Å²) >= 11 is 13.1. The molecule has 94 valence electrons. The van der Waals surface area contributed by atoms with Gasteiger partial charge in [0.15, 0.2) is 0 Å². The molecule has 1 heterocycles. The van der Waals surface area contributed by atoms with E-state index in [-0.39, 0.29) is 5.69 Å². The van der Waals surface area contributed by atoms with Gasteiger partial charge in [-0.1, -0.05) is 23.2 Å². The molecule has 1 aromatic carbocycles. The van der Waals surface area contributed by atoms with Crippen molar-refractivity contribution >= 4 is 40.7 Å². The summed E-state index contributed by atoms with van der Waals surface area (Å²) in [7, 11) is 0. The van der Waals surface area contributed by atoms with Gasteiger partial charge in [-0.25, -0.2) is 0 Å². The summed E-state index contributed by atoms with van der Waals surface area (Å²) in [5.41, 5.74) is 0.693. The van der Waals surface area contributed by atoms with Gasteiger partial charge in [0, 0.05) is 5.02 Å². The first kappa shape index (κ1) is 13.2. The Kier molecular flexibility index (Phi) is 3.79. The van der Waals surface area contributed by atoms with Gasteiger partial charge in [0.1, 0.15) is 0 Å². The maximum Gasteiger partial charge on any atom is 0.292 e. The lowest BCUT2D eigenvalue weighted by atomic mass is 10.1. The molecule has 0 unspecified atom stereocenters. The zero-order valence-corrected chi connectivity index (χ0v) is 11.4. The largest absolute Gasteiger partial charge is 0.292 e. The second-order valence-corrected chi connectivity index (χ2v) is 5.05. The normalized spacial score (nSPS) is 10.6. The van der Waals surface area contributed by atoms with Crippen molar-refractivity contribution in [1.82, 2.24) is 10.2 Å². The van der Waals surface area contributed by atoms with Crippen LogP contribution in [0.4, 0.5) is 5.69 Å². The molecule has 0 spiro atoms. The van der Waals surface area contributed by atoms with Crippen molar-refractivity contribution in [2.45, 2.75) is 4.90 Å². The molecule has 0 aliphatic rings. The number of nitro groups is 1. The first-order valence-electron chi connectivity index (χ1n) is 4.75. The van der Waals surface area contributed by atoms with Crippen LogP contribution in [-0.4, -0.2) is 21.4 Å². The van der Waals surface area contributed by atoms with Crippen LogP contribution in [0.15, 0.2) is 23.2 Å². The zero-order valence-electron chi connectivity index (χ0n) is 9.11. The van der Waals surface area contributed by atoms with E-state index < -0.39 is 4.92 Å². The lowest BCUT2D eigenvalue weighted by Crippen LogP contribution is -1.95. The van der Waals surface area contributed by atoms with Crippen LogP contribution in [0, 0.1) is 10.1 Å². The second kappa shape index (κ2) is 5.17. The lowest BCUT2D eigenvalue weighted by molar-refractivity contribution is -0.387. The minimum Gasteiger partial charge on any atom is -0.276 e. The topological polar surface area (TPSA) is 71.8 Å². The quantitative estimate of drug-likeness (QED) is 0.528.